The van der Waals surface area contributed by atoms with Crippen LogP contribution in [-0.2, 0) is 0 Å². The van der Waals surface area contributed by atoms with Gasteiger partial charge in [0.2, 0.25) is 5.95 Å². The Bertz CT molecular complexity index is 1610. The summed E-state index contributed by atoms with van der Waals surface area (Å²) < 4.78 is 27.6. The molecule has 0 amide bonds. The van der Waals surface area contributed by atoms with Crippen LogP contribution < -0.4 is 26.1 Å². The molecule has 0 fully saturated rings. The Balaban J connectivity index is 1.37. The zero-order valence-electron chi connectivity index (χ0n) is 17.7. The molecule has 10 nitrogen and oxygen atoms in total. The predicted octanol–water partition coefficient (Wildman–Crippen LogP) is 2.63. The van der Waals surface area contributed by atoms with Crippen LogP contribution in [0.2, 0.25) is 0 Å². The summed E-state index contributed by atoms with van der Waals surface area (Å²) in [6.07, 6.45) is 2.67. The number of nitrogen functional groups attached to an aromatic ring is 1. The van der Waals surface area contributed by atoms with Crippen LogP contribution in [-0.4, -0.2) is 44.0 Å². The van der Waals surface area contributed by atoms with Gasteiger partial charge in [0.05, 0.1) is 34.7 Å². The lowest BCUT2D eigenvalue weighted by molar-refractivity contribution is 0.0997. The van der Waals surface area contributed by atoms with E-state index in [0.717, 1.165) is 0 Å². The second-order valence-electron chi connectivity index (χ2n) is 7.82. The highest BCUT2D eigenvalue weighted by Crippen LogP contribution is 2.33. The zero-order chi connectivity index (χ0) is 23.2. The van der Waals surface area contributed by atoms with Crippen molar-refractivity contribution in [2.24, 2.45) is 0 Å². The van der Waals surface area contributed by atoms with Gasteiger partial charge in [-0.1, -0.05) is 12.1 Å². The maximum Gasteiger partial charge on any atom is 0.267 e. The van der Waals surface area contributed by atoms with E-state index in [1.165, 1.54) is 22.9 Å². The normalized spacial score (nSPS) is 15.0. The summed E-state index contributed by atoms with van der Waals surface area (Å²) in [5.74, 6) is 0.897. The third kappa shape index (κ3) is 3.25. The number of H-pyrrole nitrogens is 1. The molecule has 0 aliphatic carbocycles. The zero-order valence-corrected chi connectivity index (χ0v) is 17.7. The molecule has 0 radical (unpaired) electrons. The molecule has 0 bridgehead atoms. The van der Waals surface area contributed by atoms with Gasteiger partial charge in [0.1, 0.15) is 18.5 Å². The first-order valence-corrected chi connectivity index (χ1v) is 10.5. The van der Waals surface area contributed by atoms with Gasteiger partial charge in [-0.3, -0.25) is 14.5 Å². The molecule has 4 heterocycles. The number of aromatic amines is 1. The van der Waals surface area contributed by atoms with Crippen LogP contribution in [0.1, 0.15) is 0 Å². The fourth-order valence-electron chi connectivity index (χ4n) is 3.97. The number of pyridine rings is 1. The molecule has 3 aromatic heterocycles. The van der Waals surface area contributed by atoms with Gasteiger partial charge in [0.25, 0.3) is 5.56 Å². The molecule has 1 atom stereocenters. The molecule has 5 aromatic rings. The number of ether oxygens (including phenoxy) is 2. The van der Waals surface area contributed by atoms with E-state index in [0.29, 0.717) is 46.6 Å². The van der Waals surface area contributed by atoms with E-state index >= 15 is 0 Å². The first-order valence-electron chi connectivity index (χ1n) is 10.5. The number of rotatable bonds is 4. The van der Waals surface area contributed by atoms with Crippen molar-refractivity contribution in [3.05, 3.63) is 71.0 Å². The van der Waals surface area contributed by atoms with Gasteiger partial charge in [-0.25, -0.2) is 9.37 Å². The Hall–Kier alpha value is -4.67. The smallest absolute Gasteiger partial charge is 0.267 e. The number of benzene rings is 2. The maximum absolute atomic E-state index is 14.7. The molecule has 0 spiro atoms. The molecular weight excluding hydrogens is 441 g/mol. The summed E-state index contributed by atoms with van der Waals surface area (Å²) in [5, 5.41) is 10.7. The summed E-state index contributed by atoms with van der Waals surface area (Å²) in [6.45, 7) is 0.650. The van der Waals surface area contributed by atoms with E-state index in [9.17, 15) is 9.18 Å². The number of anilines is 2. The quantitative estimate of drug-likeness (QED) is 0.349. The molecule has 1 aliphatic heterocycles. The van der Waals surface area contributed by atoms with Gasteiger partial charge >= 0.3 is 0 Å². The molecule has 6 rings (SSSR count). The van der Waals surface area contributed by atoms with E-state index in [1.807, 2.05) is 0 Å². The second kappa shape index (κ2) is 7.73. The number of nitrogens with one attached hydrogen (secondary N) is 2. The Morgan fingerprint density at radius 1 is 1.18 bits per heavy atom. The maximum atomic E-state index is 14.7. The van der Waals surface area contributed by atoms with Crippen LogP contribution in [0.15, 0.2) is 59.7 Å². The van der Waals surface area contributed by atoms with Crippen LogP contribution in [0, 0.1) is 5.82 Å². The van der Waals surface area contributed by atoms with E-state index in [2.05, 4.69) is 25.5 Å². The lowest BCUT2D eigenvalue weighted by Crippen LogP contribution is -2.35. The lowest BCUT2D eigenvalue weighted by atomic mass is 10.2. The summed E-state index contributed by atoms with van der Waals surface area (Å²) in [7, 11) is 0. The average molecular weight is 459 g/mol. The Morgan fingerprint density at radius 3 is 2.94 bits per heavy atom. The van der Waals surface area contributed by atoms with Crippen molar-refractivity contribution in [1.29, 1.82) is 0 Å². The van der Waals surface area contributed by atoms with Crippen LogP contribution >= 0.6 is 0 Å². The van der Waals surface area contributed by atoms with Crippen LogP contribution in [0.5, 0.6) is 11.5 Å². The molecule has 0 saturated carbocycles. The number of nitrogens with two attached hydrogens (primary N) is 1. The number of para-hydroxylation sites is 1. The van der Waals surface area contributed by atoms with Crippen molar-refractivity contribution in [2.45, 2.75) is 6.10 Å². The van der Waals surface area contributed by atoms with E-state index in [1.54, 1.807) is 36.5 Å². The average Bonchev–Trinajstić information content (AvgIpc) is 3.34. The Labute approximate surface area is 191 Å². The minimum Gasteiger partial charge on any atom is -0.486 e. The van der Waals surface area contributed by atoms with Gasteiger partial charge < -0.3 is 20.5 Å². The molecule has 2 aromatic carbocycles. The summed E-state index contributed by atoms with van der Waals surface area (Å²) in [6, 6.07) is 11.2. The number of aromatic nitrogens is 5. The van der Waals surface area contributed by atoms with Crippen molar-refractivity contribution < 1.29 is 13.9 Å². The van der Waals surface area contributed by atoms with E-state index in [-0.39, 0.29) is 23.4 Å². The number of halogens is 1. The molecule has 34 heavy (non-hydrogen) atoms. The molecule has 170 valence electrons. The fourth-order valence-corrected chi connectivity index (χ4v) is 3.97. The minimum absolute atomic E-state index is 0.0881. The molecule has 0 saturated heterocycles. The van der Waals surface area contributed by atoms with Gasteiger partial charge in [0, 0.05) is 18.0 Å². The largest absolute Gasteiger partial charge is 0.486 e. The van der Waals surface area contributed by atoms with Crippen LogP contribution in [0.4, 0.5) is 16.0 Å². The first-order chi connectivity index (χ1) is 16.6. The summed E-state index contributed by atoms with van der Waals surface area (Å²) in [4.78, 5) is 22.1. The van der Waals surface area contributed by atoms with Gasteiger partial charge in [0.15, 0.2) is 17.1 Å². The number of nitrogens with zero attached hydrogens (tertiary/aromatic N) is 4. The third-order valence-electron chi connectivity index (χ3n) is 5.59. The molecule has 1 aliphatic rings. The fraction of sp³-hybridized carbons (Fsp3) is 0.130. The van der Waals surface area contributed by atoms with Gasteiger partial charge in [-0.2, -0.15) is 10.1 Å². The minimum atomic E-state index is -0.547. The van der Waals surface area contributed by atoms with Crippen LogP contribution in [0.25, 0.3) is 27.6 Å². The summed E-state index contributed by atoms with van der Waals surface area (Å²) in [5.41, 5.74) is 6.75. The second-order valence-corrected chi connectivity index (χ2v) is 7.82. The van der Waals surface area contributed by atoms with E-state index in [4.69, 9.17) is 15.2 Å². The van der Waals surface area contributed by atoms with Crippen molar-refractivity contribution >= 4 is 33.6 Å². The Kier molecular flexibility index (Phi) is 4.54. The van der Waals surface area contributed by atoms with Crippen molar-refractivity contribution in [2.75, 3.05) is 24.2 Å². The SMILES string of the molecule is Nc1ccc2c(c1)OC[C@H](CNc1ncc3c4[nH]ncc4c(=O)n(-c4ccccc4F)c3n1)O2. The molecule has 11 heteroatoms. The molecule has 4 N–H and O–H groups in total. The van der Waals surface area contributed by atoms with Gasteiger partial charge in [-0.15, -0.1) is 0 Å². The van der Waals surface area contributed by atoms with Crippen molar-refractivity contribution in [3.63, 3.8) is 0 Å². The number of hydrogen-bond donors (Lipinski definition) is 3. The Morgan fingerprint density at radius 2 is 2.06 bits per heavy atom. The van der Waals surface area contributed by atoms with Crippen LogP contribution in [0.3, 0.4) is 0 Å². The number of hydrogen-bond acceptors (Lipinski definition) is 8. The molecule has 0 unspecified atom stereocenters. The highest BCUT2D eigenvalue weighted by Gasteiger charge is 2.22. The highest BCUT2D eigenvalue weighted by molar-refractivity contribution is 6.02. The van der Waals surface area contributed by atoms with Gasteiger partial charge in [-0.05, 0) is 24.3 Å². The lowest BCUT2D eigenvalue weighted by Gasteiger charge is -2.26. The monoisotopic (exact) mass is 459 g/mol. The predicted molar refractivity (Wildman–Crippen MR) is 124 cm³/mol. The first kappa shape index (κ1) is 20.0. The standard InChI is InChI=1S/C23H18FN7O3/c24-16-3-1-2-4-17(16)31-21-14(20-15(22(31)32)10-28-30-20)9-27-23(29-21)26-8-13-11-33-19-7-12(25)5-6-18(19)34-13/h1-7,9-10,13H,8,11,25H2,(H,28,30)(H,26,27,29)/t13-/m0/s1. The summed E-state index contributed by atoms with van der Waals surface area (Å²) >= 11 is 0. The highest BCUT2D eigenvalue weighted by atomic mass is 19.1. The van der Waals surface area contributed by atoms with E-state index < -0.39 is 11.4 Å². The van der Waals surface area contributed by atoms with Crippen molar-refractivity contribution in [3.8, 4) is 17.2 Å². The molecular formula is C23H18FN7O3. The third-order valence-corrected chi connectivity index (χ3v) is 5.59. The van der Waals surface area contributed by atoms with Crippen molar-refractivity contribution in [1.82, 2.24) is 24.7 Å². The number of fused-ring (bicyclic) bond motifs is 4. The topological polar surface area (TPSA) is 133 Å².